The van der Waals surface area contributed by atoms with E-state index in [9.17, 15) is 19.2 Å². The maximum atomic E-state index is 11.2. The van der Waals surface area contributed by atoms with Crippen LogP contribution >= 0.6 is 0 Å². The molecule has 23 heavy (non-hydrogen) atoms. The number of carboxylic acids is 4. The standard InChI is InChI=1S/C10H14O13/c11-1-3-21-9(5(13)14,6(15)16)23-10(7(17)18,8(19)20)22-4-2-12/h11-12H,1-4H2,(H,13,14)(H,15,16)(H,17,18)(H,19,20). The van der Waals surface area contributed by atoms with Crippen LogP contribution in [0.4, 0.5) is 0 Å². The van der Waals surface area contributed by atoms with Crippen molar-refractivity contribution < 1.29 is 64.0 Å². The molecule has 0 radical (unpaired) electrons. The summed E-state index contributed by atoms with van der Waals surface area (Å²) in [5, 5.41) is 53.1. The summed E-state index contributed by atoms with van der Waals surface area (Å²) in [7, 11) is 0. The van der Waals surface area contributed by atoms with Gasteiger partial charge in [-0.3, -0.25) is 4.74 Å². The highest BCUT2D eigenvalue weighted by atomic mass is 16.8. The number of aliphatic hydroxyl groups is 2. The Bertz CT molecular complexity index is 399. The molecule has 0 bridgehead atoms. The molecule has 0 aliphatic carbocycles. The fourth-order valence-corrected chi connectivity index (χ4v) is 1.24. The van der Waals surface area contributed by atoms with Gasteiger partial charge in [-0.2, -0.15) is 0 Å². The van der Waals surface area contributed by atoms with Crippen LogP contribution in [0.15, 0.2) is 0 Å². The van der Waals surface area contributed by atoms with Crippen LogP contribution in [0.2, 0.25) is 0 Å². The lowest BCUT2D eigenvalue weighted by molar-refractivity contribution is -0.328. The van der Waals surface area contributed by atoms with Crippen molar-refractivity contribution in [3.05, 3.63) is 0 Å². The maximum Gasteiger partial charge on any atom is 0.377 e. The lowest BCUT2D eigenvalue weighted by Gasteiger charge is -2.33. The molecule has 0 aromatic carbocycles. The number of carboxylic acid groups (broad SMARTS) is 4. The van der Waals surface area contributed by atoms with Crippen LogP contribution in [0.3, 0.4) is 0 Å². The molecule has 0 aromatic rings. The van der Waals surface area contributed by atoms with Crippen molar-refractivity contribution in [3.63, 3.8) is 0 Å². The van der Waals surface area contributed by atoms with Gasteiger partial charge in [-0.1, -0.05) is 0 Å². The molecule has 0 rings (SSSR count). The molecule has 0 saturated carbocycles. The van der Waals surface area contributed by atoms with Crippen molar-refractivity contribution in [2.45, 2.75) is 11.6 Å². The molecule has 13 heteroatoms. The van der Waals surface area contributed by atoms with E-state index in [4.69, 9.17) is 30.6 Å². The molecule has 0 amide bonds. The molecule has 0 saturated heterocycles. The Labute approximate surface area is 127 Å². The second-order valence-electron chi connectivity index (χ2n) is 3.70. The van der Waals surface area contributed by atoms with E-state index in [1.165, 1.54) is 0 Å². The van der Waals surface area contributed by atoms with E-state index in [0.717, 1.165) is 0 Å². The molecule has 0 aliphatic rings. The highest BCUT2D eigenvalue weighted by molar-refractivity contribution is 6.04. The van der Waals surface area contributed by atoms with Crippen LogP contribution in [-0.2, 0) is 33.4 Å². The quantitative estimate of drug-likeness (QED) is 0.152. The molecule has 0 heterocycles. The number of hydrogen-bond acceptors (Lipinski definition) is 9. The molecular formula is C10H14O13. The van der Waals surface area contributed by atoms with Crippen LogP contribution in [0.5, 0.6) is 0 Å². The molecule has 13 nitrogen and oxygen atoms in total. The van der Waals surface area contributed by atoms with Gasteiger partial charge in [0.15, 0.2) is 0 Å². The van der Waals surface area contributed by atoms with Gasteiger partial charge in [0.1, 0.15) is 0 Å². The van der Waals surface area contributed by atoms with Crippen molar-refractivity contribution in [2.24, 2.45) is 0 Å². The van der Waals surface area contributed by atoms with Gasteiger partial charge in [0.25, 0.3) is 0 Å². The number of aliphatic carboxylic acids is 4. The fraction of sp³-hybridized carbons (Fsp3) is 0.600. The highest BCUT2D eigenvalue weighted by Gasteiger charge is 2.63. The zero-order valence-electron chi connectivity index (χ0n) is 11.4. The first-order chi connectivity index (χ1) is 10.6. The Morgan fingerprint density at radius 2 is 0.913 bits per heavy atom. The summed E-state index contributed by atoms with van der Waals surface area (Å²) in [4.78, 5) is 44.6. The molecule has 0 fully saturated rings. The Hall–Kier alpha value is -2.32. The maximum absolute atomic E-state index is 11.2. The van der Waals surface area contributed by atoms with E-state index in [2.05, 4.69) is 14.2 Å². The second kappa shape index (κ2) is 8.35. The summed E-state index contributed by atoms with van der Waals surface area (Å²) in [6, 6.07) is 0. The number of hydrogen-bond donors (Lipinski definition) is 6. The lowest BCUT2D eigenvalue weighted by Crippen LogP contribution is -2.63. The molecule has 0 unspecified atom stereocenters. The number of carbonyl (C=O) groups is 4. The third kappa shape index (κ3) is 4.33. The molecule has 0 aromatic heterocycles. The first kappa shape index (κ1) is 20.7. The molecule has 6 N–H and O–H groups in total. The predicted octanol–water partition coefficient (Wildman–Crippen LogP) is -3.25. The first-order valence-electron chi connectivity index (χ1n) is 5.74. The van der Waals surface area contributed by atoms with Gasteiger partial charge in [-0.15, -0.1) is 0 Å². The molecule has 132 valence electrons. The topological polar surface area (TPSA) is 217 Å². The summed E-state index contributed by atoms with van der Waals surface area (Å²) < 4.78 is 12.8. The van der Waals surface area contributed by atoms with Crippen molar-refractivity contribution in [2.75, 3.05) is 26.4 Å². The number of aliphatic hydroxyl groups excluding tert-OH is 2. The van der Waals surface area contributed by atoms with E-state index in [0.29, 0.717) is 0 Å². The molecule has 0 aliphatic heterocycles. The Morgan fingerprint density at radius 1 is 0.652 bits per heavy atom. The van der Waals surface area contributed by atoms with Gasteiger partial charge in [-0.05, 0) is 0 Å². The van der Waals surface area contributed by atoms with Crippen LogP contribution < -0.4 is 0 Å². The van der Waals surface area contributed by atoms with E-state index in [1.54, 1.807) is 0 Å². The minimum absolute atomic E-state index is 0.879. The second-order valence-corrected chi connectivity index (χ2v) is 3.70. The summed E-state index contributed by atoms with van der Waals surface area (Å²) in [5.74, 6) is -17.2. The van der Waals surface area contributed by atoms with E-state index >= 15 is 0 Å². The fourth-order valence-electron chi connectivity index (χ4n) is 1.24. The van der Waals surface area contributed by atoms with Crippen LogP contribution in [0, 0.1) is 0 Å². The monoisotopic (exact) mass is 342 g/mol. The van der Waals surface area contributed by atoms with Gasteiger partial charge < -0.3 is 40.1 Å². The third-order valence-corrected chi connectivity index (χ3v) is 2.21. The number of rotatable bonds is 12. The van der Waals surface area contributed by atoms with Crippen LogP contribution in [0.25, 0.3) is 0 Å². The van der Waals surface area contributed by atoms with Crippen LogP contribution in [-0.4, -0.2) is 92.5 Å². The van der Waals surface area contributed by atoms with Crippen molar-refractivity contribution in [1.29, 1.82) is 0 Å². The van der Waals surface area contributed by atoms with Gasteiger partial charge in [-0.25, -0.2) is 19.2 Å². The SMILES string of the molecule is O=C(O)C(OCCO)(OC(OCCO)(C(=O)O)C(=O)O)C(=O)O. The molecular weight excluding hydrogens is 328 g/mol. The molecule has 0 spiro atoms. The highest BCUT2D eigenvalue weighted by Crippen LogP contribution is 2.26. The minimum atomic E-state index is -3.80. The summed E-state index contributed by atoms with van der Waals surface area (Å²) in [5.41, 5.74) is 0. The average molecular weight is 342 g/mol. The molecule has 0 atom stereocenters. The van der Waals surface area contributed by atoms with E-state index < -0.39 is 61.9 Å². The zero-order chi connectivity index (χ0) is 18.3. The van der Waals surface area contributed by atoms with Crippen molar-refractivity contribution in [3.8, 4) is 0 Å². The van der Waals surface area contributed by atoms with Crippen LogP contribution in [0.1, 0.15) is 0 Å². The Kier molecular flexibility index (Phi) is 7.51. The van der Waals surface area contributed by atoms with Gasteiger partial charge in [0.2, 0.25) is 0 Å². The predicted molar refractivity (Wildman–Crippen MR) is 63.2 cm³/mol. The first-order valence-corrected chi connectivity index (χ1v) is 5.74. The number of ether oxygens (including phenoxy) is 3. The summed E-state index contributed by atoms with van der Waals surface area (Å²) in [6.07, 6.45) is 0. The minimum Gasteiger partial charge on any atom is -0.477 e. The average Bonchev–Trinajstić information content (AvgIpc) is 2.45. The Morgan fingerprint density at radius 3 is 1.09 bits per heavy atom. The zero-order valence-corrected chi connectivity index (χ0v) is 11.4. The summed E-state index contributed by atoms with van der Waals surface area (Å²) >= 11 is 0. The smallest absolute Gasteiger partial charge is 0.377 e. The van der Waals surface area contributed by atoms with Crippen molar-refractivity contribution >= 4 is 23.9 Å². The van der Waals surface area contributed by atoms with Crippen molar-refractivity contribution in [1.82, 2.24) is 0 Å². The lowest BCUT2D eigenvalue weighted by atomic mass is 10.2. The van der Waals surface area contributed by atoms with E-state index in [1.807, 2.05) is 0 Å². The summed E-state index contributed by atoms with van der Waals surface area (Å²) in [6.45, 7) is -3.63. The normalized spacial score (nSPS) is 11.9. The van der Waals surface area contributed by atoms with Gasteiger partial charge in [0, 0.05) is 0 Å². The van der Waals surface area contributed by atoms with E-state index in [-0.39, 0.29) is 0 Å². The van der Waals surface area contributed by atoms with Gasteiger partial charge >= 0.3 is 35.5 Å². The van der Waals surface area contributed by atoms with Gasteiger partial charge in [0.05, 0.1) is 26.4 Å². The Balaban J connectivity index is 6.02. The largest absolute Gasteiger partial charge is 0.477 e. The third-order valence-electron chi connectivity index (χ3n) is 2.21.